The van der Waals surface area contributed by atoms with E-state index in [0.29, 0.717) is 5.15 Å². The van der Waals surface area contributed by atoms with Crippen molar-refractivity contribution in [3.05, 3.63) is 17.4 Å². The molecule has 2 heterocycles. The maximum Gasteiger partial charge on any atom is 0.498 e. The van der Waals surface area contributed by atoms with E-state index >= 15 is 0 Å². The van der Waals surface area contributed by atoms with Crippen LogP contribution < -0.4 is 10.8 Å². The molecule has 0 amide bonds. The van der Waals surface area contributed by atoms with Crippen molar-refractivity contribution in [3.8, 4) is 0 Å². The zero-order valence-corrected chi connectivity index (χ0v) is 13.7. The Morgan fingerprint density at radius 3 is 2.25 bits per heavy atom. The summed E-state index contributed by atoms with van der Waals surface area (Å²) in [6.45, 7) is 12.3. The fourth-order valence-electron chi connectivity index (χ4n) is 2.03. The molecule has 1 fully saturated rings. The summed E-state index contributed by atoms with van der Waals surface area (Å²) in [5.74, 6) is 0. The number of nitrogens with one attached hydrogen (secondary N) is 1. The molecule has 1 aliphatic rings. The van der Waals surface area contributed by atoms with Gasteiger partial charge in [-0.1, -0.05) is 11.6 Å². The maximum absolute atomic E-state index is 6.07. The predicted molar refractivity (Wildman–Crippen MR) is 83.7 cm³/mol. The van der Waals surface area contributed by atoms with Gasteiger partial charge < -0.3 is 14.6 Å². The number of halogens is 1. The van der Waals surface area contributed by atoms with E-state index in [-0.39, 0.29) is 17.2 Å². The van der Waals surface area contributed by atoms with Gasteiger partial charge >= 0.3 is 7.12 Å². The van der Waals surface area contributed by atoms with Gasteiger partial charge in [-0.25, -0.2) is 4.98 Å². The van der Waals surface area contributed by atoms with Crippen LogP contribution in [0.25, 0.3) is 0 Å². The van der Waals surface area contributed by atoms with E-state index in [4.69, 9.17) is 20.9 Å². The highest BCUT2D eigenvalue weighted by atomic mass is 35.5. The Morgan fingerprint density at radius 1 is 1.20 bits per heavy atom. The highest BCUT2D eigenvalue weighted by Gasteiger charge is 2.52. The van der Waals surface area contributed by atoms with Crippen molar-refractivity contribution in [1.82, 2.24) is 4.98 Å². The quantitative estimate of drug-likeness (QED) is 0.688. The van der Waals surface area contributed by atoms with Gasteiger partial charge in [-0.2, -0.15) is 0 Å². The van der Waals surface area contributed by atoms with Crippen molar-refractivity contribution in [2.45, 2.75) is 58.8 Å². The first-order valence-corrected chi connectivity index (χ1v) is 7.28. The molecule has 0 aromatic carbocycles. The maximum atomic E-state index is 6.07. The van der Waals surface area contributed by atoms with Crippen molar-refractivity contribution >= 4 is 29.9 Å². The topological polar surface area (TPSA) is 43.4 Å². The van der Waals surface area contributed by atoms with Gasteiger partial charge in [-0.15, -0.1) is 0 Å². The van der Waals surface area contributed by atoms with Gasteiger partial charge in [0.25, 0.3) is 0 Å². The summed E-state index contributed by atoms with van der Waals surface area (Å²) in [5, 5.41) is 3.81. The van der Waals surface area contributed by atoms with Crippen molar-refractivity contribution in [3.63, 3.8) is 0 Å². The van der Waals surface area contributed by atoms with Crippen molar-refractivity contribution in [2.75, 3.05) is 5.32 Å². The lowest BCUT2D eigenvalue weighted by molar-refractivity contribution is 0.00578. The molecule has 0 spiro atoms. The minimum absolute atomic E-state index is 0.287. The van der Waals surface area contributed by atoms with Crippen LogP contribution in [0.1, 0.15) is 41.5 Å². The largest absolute Gasteiger partial charge is 0.498 e. The van der Waals surface area contributed by atoms with E-state index in [2.05, 4.69) is 24.1 Å². The van der Waals surface area contributed by atoms with Crippen LogP contribution in [-0.4, -0.2) is 29.3 Å². The van der Waals surface area contributed by atoms with Gasteiger partial charge in [0.2, 0.25) is 0 Å². The van der Waals surface area contributed by atoms with Crippen molar-refractivity contribution < 1.29 is 9.31 Å². The number of rotatable bonds is 3. The molecule has 1 aromatic rings. The summed E-state index contributed by atoms with van der Waals surface area (Å²) in [6, 6.07) is 2.09. The Bertz CT molecular complexity index is 490. The van der Waals surface area contributed by atoms with Gasteiger partial charge in [-0.05, 0) is 47.6 Å². The minimum atomic E-state index is -0.439. The Labute approximate surface area is 126 Å². The SMILES string of the molecule is CC(C)Nc1cc(Cl)ncc1B1OC(C)(C)C(C)(C)O1. The molecular weight excluding hydrogens is 274 g/mol. The summed E-state index contributed by atoms with van der Waals surface area (Å²) in [5.41, 5.74) is 1.04. The molecular formula is C14H22BClN2O2. The third-order valence-corrected chi connectivity index (χ3v) is 4.06. The number of aromatic nitrogens is 1. The monoisotopic (exact) mass is 296 g/mol. The first-order valence-electron chi connectivity index (χ1n) is 6.90. The molecule has 6 heteroatoms. The van der Waals surface area contributed by atoms with Crippen LogP contribution in [0.3, 0.4) is 0 Å². The molecule has 0 saturated carbocycles. The molecule has 0 bridgehead atoms. The summed E-state index contributed by atoms with van der Waals surface area (Å²) in [6.07, 6.45) is 1.72. The number of pyridine rings is 1. The molecule has 1 aromatic heterocycles. The number of anilines is 1. The van der Waals surface area contributed by atoms with Crippen LogP contribution in [0, 0.1) is 0 Å². The zero-order valence-electron chi connectivity index (χ0n) is 13.0. The molecule has 1 aliphatic heterocycles. The second-order valence-electron chi connectivity index (χ2n) is 6.48. The smallest absolute Gasteiger partial charge is 0.399 e. The number of hydrogen-bond acceptors (Lipinski definition) is 4. The van der Waals surface area contributed by atoms with Crippen molar-refractivity contribution in [2.24, 2.45) is 0 Å². The third kappa shape index (κ3) is 2.95. The van der Waals surface area contributed by atoms with E-state index in [1.54, 1.807) is 6.20 Å². The lowest BCUT2D eigenvalue weighted by atomic mass is 9.79. The van der Waals surface area contributed by atoms with Gasteiger partial charge in [0.1, 0.15) is 5.15 Å². The van der Waals surface area contributed by atoms with E-state index in [1.165, 1.54) is 0 Å². The minimum Gasteiger partial charge on any atom is -0.399 e. The first kappa shape index (κ1) is 15.6. The van der Waals surface area contributed by atoms with Gasteiger partial charge in [0.05, 0.1) is 11.2 Å². The highest BCUT2D eigenvalue weighted by Crippen LogP contribution is 2.37. The summed E-state index contributed by atoms with van der Waals surface area (Å²) in [7, 11) is -0.439. The molecule has 0 atom stereocenters. The molecule has 20 heavy (non-hydrogen) atoms. The molecule has 0 unspecified atom stereocenters. The standard InChI is InChI=1S/C14H22BClN2O2/c1-9(2)18-11-7-12(16)17-8-10(11)15-19-13(3,4)14(5,6)20-15/h7-9H,1-6H3,(H,17,18). The van der Waals surface area contributed by atoms with Crippen LogP contribution in [0.15, 0.2) is 12.3 Å². The van der Waals surface area contributed by atoms with E-state index in [0.717, 1.165) is 11.2 Å². The Hall–Kier alpha value is -0.775. The molecule has 2 rings (SSSR count). The molecule has 0 radical (unpaired) electrons. The lowest BCUT2D eigenvalue weighted by Crippen LogP contribution is -2.41. The highest BCUT2D eigenvalue weighted by molar-refractivity contribution is 6.64. The Kier molecular flexibility index (Phi) is 4.06. The summed E-state index contributed by atoms with van der Waals surface area (Å²) in [4.78, 5) is 4.15. The van der Waals surface area contributed by atoms with Crippen LogP contribution in [-0.2, 0) is 9.31 Å². The van der Waals surface area contributed by atoms with Crippen LogP contribution in [0.2, 0.25) is 5.15 Å². The molecule has 1 N–H and O–H groups in total. The van der Waals surface area contributed by atoms with Crippen LogP contribution in [0.4, 0.5) is 5.69 Å². The van der Waals surface area contributed by atoms with E-state index < -0.39 is 7.12 Å². The average Bonchev–Trinajstić information content (AvgIpc) is 2.46. The van der Waals surface area contributed by atoms with E-state index in [9.17, 15) is 0 Å². The summed E-state index contributed by atoms with van der Waals surface area (Å²) < 4.78 is 12.1. The summed E-state index contributed by atoms with van der Waals surface area (Å²) >= 11 is 5.99. The van der Waals surface area contributed by atoms with Gasteiger partial charge in [0.15, 0.2) is 0 Å². The van der Waals surface area contributed by atoms with Crippen LogP contribution >= 0.6 is 11.6 Å². The molecule has 1 saturated heterocycles. The lowest BCUT2D eigenvalue weighted by Gasteiger charge is -2.32. The first-order chi connectivity index (χ1) is 9.12. The fraction of sp³-hybridized carbons (Fsp3) is 0.643. The Balaban J connectivity index is 2.34. The normalized spacial score (nSPS) is 20.5. The van der Waals surface area contributed by atoms with Crippen molar-refractivity contribution in [1.29, 1.82) is 0 Å². The predicted octanol–water partition coefficient (Wildman–Crippen LogP) is 2.85. The fourth-order valence-corrected chi connectivity index (χ4v) is 2.19. The van der Waals surface area contributed by atoms with E-state index in [1.807, 2.05) is 33.8 Å². The second-order valence-corrected chi connectivity index (χ2v) is 6.87. The third-order valence-electron chi connectivity index (χ3n) is 3.85. The van der Waals surface area contributed by atoms with Gasteiger partial charge in [0, 0.05) is 23.4 Å². The second kappa shape index (κ2) is 5.21. The van der Waals surface area contributed by atoms with Crippen LogP contribution in [0.5, 0.6) is 0 Å². The molecule has 110 valence electrons. The average molecular weight is 297 g/mol. The zero-order chi connectivity index (χ0) is 15.1. The molecule has 4 nitrogen and oxygen atoms in total. The molecule has 0 aliphatic carbocycles. The Morgan fingerprint density at radius 2 is 1.75 bits per heavy atom. The van der Waals surface area contributed by atoms with Gasteiger partial charge in [-0.3, -0.25) is 0 Å². The number of hydrogen-bond donors (Lipinski definition) is 1. The number of nitrogens with zero attached hydrogens (tertiary/aromatic N) is 1.